The van der Waals surface area contributed by atoms with Crippen LogP contribution in [0.15, 0.2) is 60.3 Å². The van der Waals surface area contributed by atoms with Gasteiger partial charge in [0.15, 0.2) is 17.3 Å². The molecule has 1 unspecified atom stereocenters. The minimum Gasteiger partial charge on any atom is -0.496 e. The average molecular weight is 672 g/mol. The fourth-order valence-electron chi connectivity index (χ4n) is 6.27. The Morgan fingerprint density at radius 2 is 1.49 bits per heavy atom. The van der Waals surface area contributed by atoms with Gasteiger partial charge in [0.1, 0.15) is 41.7 Å². The predicted octanol–water partition coefficient (Wildman–Crippen LogP) is 2.34. The number of aliphatic hydroxyl groups excluding tert-OH is 4. The van der Waals surface area contributed by atoms with Crippen LogP contribution in [0.1, 0.15) is 58.1 Å². The van der Waals surface area contributed by atoms with E-state index in [0.29, 0.717) is 16.8 Å². The van der Waals surface area contributed by atoms with Crippen molar-refractivity contribution in [3.05, 3.63) is 99.3 Å². The third kappa shape index (κ3) is 5.81. The summed E-state index contributed by atoms with van der Waals surface area (Å²) < 4.78 is 22.1. The molecule has 13 nitrogen and oxygen atoms in total. The van der Waals surface area contributed by atoms with E-state index in [1.165, 1.54) is 50.6 Å². The van der Waals surface area contributed by atoms with Crippen molar-refractivity contribution in [3.8, 4) is 17.2 Å². The van der Waals surface area contributed by atoms with Crippen LogP contribution in [0.4, 0.5) is 5.69 Å². The molecule has 0 radical (unpaired) electrons. The minimum absolute atomic E-state index is 0.0154. The number of hydrogen-bond acceptors (Lipinski definition) is 13. The number of hydrogen-bond donors (Lipinski definition) is 5. The quantitative estimate of drug-likeness (QED) is 0.234. The highest BCUT2D eigenvalue weighted by atomic mass is 16.7. The molecule has 13 heteroatoms. The molecule has 0 bridgehead atoms. The van der Waals surface area contributed by atoms with Crippen molar-refractivity contribution in [1.29, 1.82) is 0 Å². The zero-order valence-corrected chi connectivity index (χ0v) is 26.8. The first-order valence-corrected chi connectivity index (χ1v) is 15.2. The number of aryl methyl sites for hydroxylation is 2. The number of carbonyl (C=O) groups is 4. The number of ether oxygens (including phenoxy) is 4. The van der Waals surface area contributed by atoms with Gasteiger partial charge >= 0.3 is 0 Å². The second-order valence-corrected chi connectivity index (χ2v) is 11.9. The van der Waals surface area contributed by atoms with E-state index in [1.54, 1.807) is 26.0 Å². The summed E-state index contributed by atoms with van der Waals surface area (Å²) >= 11 is 0. The Hall–Kier alpha value is -5.18. The second-order valence-electron chi connectivity index (χ2n) is 11.9. The van der Waals surface area contributed by atoms with Crippen molar-refractivity contribution in [1.82, 2.24) is 0 Å². The number of nitrogens with one attached hydrogen (secondary N) is 1. The van der Waals surface area contributed by atoms with Gasteiger partial charge in [0.2, 0.25) is 12.1 Å². The number of Topliss-reactive ketones (excluding diaryl/α,β-unsaturated/α-hetero) is 2. The van der Waals surface area contributed by atoms with E-state index in [4.69, 9.17) is 18.9 Å². The lowest BCUT2D eigenvalue weighted by molar-refractivity contribution is -0.277. The summed E-state index contributed by atoms with van der Waals surface area (Å²) in [6, 6.07) is 10.8. The van der Waals surface area contributed by atoms with Crippen LogP contribution in [-0.4, -0.2) is 95.1 Å². The van der Waals surface area contributed by atoms with Crippen LogP contribution in [0.5, 0.6) is 17.2 Å². The molecule has 3 aliphatic rings. The standard InChI is InChI=1S/C36H33NO12/c1-15-9-20-28(25(10-15)46-3)24(40)12-21(30(20)41)27-16(2)11-19-23(39)13-22(31(42)29(19)35(27)47-4)37-17-5-7-18(8-6-17)48-36-34(45)33(44)32(43)26(14-38)49-36/h5-13,26,32-34,36-38,43-45H,14H2,1-4H3/t26-,32-,33+,34+,36?/m1/s1. The molecule has 49 heavy (non-hydrogen) atoms. The molecule has 5 N–H and O–H groups in total. The van der Waals surface area contributed by atoms with Gasteiger partial charge in [-0.15, -0.1) is 0 Å². The monoisotopic (exact) mass is 671 g/mol. The van der Waals surface area contributed by atoms with Gasteiger partial charge in [0.25, 0.3) is 0 Å². The normalized spacial score (nSPS) is 23.3. The van der Waals surface area contributed by atoms with E-state index in [1.807, 2.05) is 0 Å². The van der Waals surface area contributed by atoms with E-state index in [2.05, 4.69) is 5.32 Å². The van der Waals surface area contributed by atoms with Crippen LogP contribution in [0.25, 0.3) is 5.57 Å². The molecule has 5 atom stereocenters. The van der Waals surface area contributed by atoms with Gasteiger partial charge < -0.3 is 44.7 Å². The second kappa shape index (κ2) is 13.0. The highest BCUT2D eigenvalue weighted by molar-refractivity contribution is 6.40. The molecule has 0 aromatic heterocycles. The third-order valence-electron chi connectivity index (χ3n) is 8.68. The van der Waals surface area contributed by atoms with Gasteiger partial charge in [0, 0.05) is 34.0 Å². The summed E-state index contributed by atoms with van der Waals surface area (Å²) in [6.07, 6.45) is -4.94. The van der Waals surface area contributed by atoms with E-state index in [-0.39, 0.29) is 56.3 Å². The Kier molecular flexibility index (Phi) is 8.96. The Bertz CT molecular complexity index is 1960. The molecule has 1 heterocycles. The molecule has 1 fully saturated rings. The molecule has 1 saturated heterocycles. The molecule has 3 aromatic carbocycles. The van der Waals surface area contributed by atoms with Gasteiger partial charge in [-0.2, -0.15) is 0 Å². The number of carbonyl (C=O) groups excluding carboxylic acids is 4. The van der Waals surface area contributed by atoms with Crippen LogP contribution in [0.3, 0.4) is 0 Å². The molecular weight excluding hydrogens is 638 g/mol. The molecule has 3 aromatic rings. The van der Waals surface area contributed by atoms with Crippen molar-refractivity contribution in [2.24, 2.45) is 0 Å². The SMILES string of the molecule is COc1cc(C)cc2c1C(=O)C=C(c1c(C)cc3c(c1OC)C(=O)C(Nc1ccc(OC4O[C@H](CO)[C@@H](O)[C@H](O)[C@@H]4O)cc1)=CC3=O)C2=O. The summed E-state index contributed by atoms with van der Waals surface area (Å²) in [5.41, 5.74) is 1.97. The predicted molar refractivity (Wildman–Crippen MR) is 173 cm³/mol. The molecule has 0 saturated carbocycles. The van der Waals surface area contributed by atoms with Crippen LogP contribution >= 0.6 is 0 Å². The average Bonchev–Trinajstić information content (AvgIpc) is 3.08. The van der Waals surface area contributed by atoms with Crippen molar-refractivity contribution in [2.75, 3.05) is 26.1 Å². The van der Waals surface area contributed by atoms with E-state index in [9.17, 15) is 39.6 Å². The molecule has 6 rings (SSSR count). The topological polar surface area (TPSA) is 198 Å². The maximum Gasteiger partial charge on any atom is 0.229 e. The number of anilines is 1. The van der Waals surface area contributed by atoms with Crippen LogP contribution < -0.4 is 19.5 Å². The van der Waals surface area contributed by atoms with Crippen molar-refractivity contribution >= 4 is 34.4 Å². The van der Waals surface area contributed by atoms with Crippen LogP contribution in [-0.2, 0) is 4.74 Å². The van der Waals surface area contributed by atoms with E-state index in [0.717, 1.165) is 6.08 Å². The number of ketones is 4. The van der Waals surface area contributed by atoms with Crippen LogP contribution in [0, 0.1) is 13.8 Å². The third-order valence-corrected chi connectivity index (χ3v) is 8.68. The summed E-state index contributed by atoms with van der Waals surface area (Å²) in [6.45, 7) is 2.82. The smallest absolute Gasteiger partial charge is 0.229 e. The minimum atomic E-state index is -1.61. The number of methoxy groups -OCH3 is 2. The fraction of sp³-hybridized carbons (Fsp3) is 0.278. The Morgan fingerprint density at radius 1 is 0.776 bits per heavy atom. The van der Waals surface area contributed by atoms with E-state index < -0.39 is 60.4 Å². The first-order chi connectivity index (χ1) is 23.4. The lowest BCUT2D eigenvalue weighted by Crippen LogP contribution is -2.60. The van der Waals surface area contributed by atoms with Crippen molar-refractivity contribution in [2.45, 2.75) is 44.6 Å². The number of aliphatic hydroxyl groups is 4. The molecule has 254 valence electrons. The molecule has 0 amide bonds. The molecule has 0 spiro atoms. The molecular formula is C36H33NO12. The number of allylic oxidation sites excluding steroid dienone is 4. The Morgan fingerprint density at radius 3 is 2.14 bits per heavy atom. The highest BCUT2D eigenvalue weighted by Crippen LogP contribution is 2.42. The van der Waals surface area contributed by atoms with Crippen molar-refractivity contribution < 1.29 is 58.6 Å². The Balaban J connectivity index is 1.29. The van der Waals surface area contributed by atoms with Gasteiger partial charge in [-0.05, 0) is 73.5 Å². The fourth-order valence-corrected chi connectivity index (χ4v) is 6.27. The number of benzene rings is 3. The molecule has 1 aliphatic heterocycles. The zero-order chi connectivity index (χ0) is 35.3. The largest absolute Gasteiger partial charge is 0.496 e. The van der Waals surface area contributed by atoms with Gasteiger partial charge in [-0.1, -0.05) is 0 Å². The number of rotatable bonds is 8. The van der Waals surface area contributed by atoms with Gasteiger partial charge in [-0.3, -0.25) is 19.2 Å². The zero-order valence-electron chi connectivity index (χ0n) is 26.8. The van der Waals surface area contributed by atoms with E-state index >= 15 is 0 Å². The van der Waals surface area contributed by atoms with Crippen molar-refractivity contribution in [3.63, 3.8) is 0 Å². The lowest BCUT2D eigenvalue weighted by atomic mass is 9.80. The first kappa shape index (κ1) is 33.7. The number of fused-ring (bicyclic) bond motifs is 2. The summed E-state index contributed by atoms with van der Waals surface area (Å²) in [4.78, 5) is 54.5. The highest BCUT2D eigenvalue weighted by Gasteiger charge is 2.45. The maximum atomic E-state index is 14.0. The van der Waals surface area contributed by atoms with Crippen LogP contribution in [0.2, 0.25) is 0 Å². The lowest BCUT2D eigenvalue weighted by Gasteiger charge is -2.39. The summed E-state index contributed by atoms with van der Waals surface area (Å²) in [5, 5.41) is 42.6. The van der Waals surface area contributed by atoms with Gasteiger partial charge in [-0.25, -0.2) is 0 Å². The Labute approximate surface area is 280 Å². The summed E-state index contributed by atoms with van der Waals surface area (Å²) in [5.74, 6) is -1.57. The maximum absolute atomic E-state index is 14.0. The molecule has 2 aliphatic carbocycles. The first-order valence-electron chi connectivity index (χ1n) is 15.2. The van der Waals surface area contributed by atoms with Gasteiger partial charge in [0.05, 0.1) is 37.7 Å². The summed E-state index contributed by atoms with van der Waals surface area (Å²) in [7, 11) is 2.73.